The molecule has 11 heteroatoms. The van der Waals surface area contributed by atoms with Crippen molar-refractivity contribution in [2.24, 2.45) is 5.73 Å². The maximum absolute atomic E-state index is 13.6. The number of nitrogens with two attached hydrogens (primary N) is 1. The van der Waals surface area contributed by atoms with Crippen molar-refractivity contribution in [1.29, 1.82) is 0 Å². The lowest BCUT2D eigenvalue weighted by Crippen LogP contribution is -2.13. The molecule has 4 aromatic rings. The first-order valence-corrected chi connectivity index (χ1v) is 10.6. The molecule has 164 valence electrons. The average Bonchev–Trinajstić information content (AvgIpc) is 3.08. The number of fused-ring (bicyclic) bond motifs is 1. The molecule has 1 heterocycles. The number of ether oxygens (including phenoxy) is 1. The van der Waals surface area contributed by atoms with E-state index in [0.717, 1.165) is 16.6 Å². The Morgan fingerprint density at radius 3 is 2.41 bits per heavy atom. The molecule has 1 amide bonds. The molecule has 0 aliphatic heterocycles. The molecule has 0 aliphatic carbocycles. The van der Waals surface area contributed by atoms with Gasteiger partial charge in [-0.15, -0.1) is 0 Å². The fraction of sp³-hybridized carbons (Fsp3) is 0.0476. The van der Waals surface area contributed by atoms with Gasteiger partial charge in [-0.3, -0.25) is 9.36 Å². The topological polar surface area (TPSA) is 82.2 Å². The maximum atomic E-state index is 13.6. The first-order valence-electron chi connectivity index (χ1n) is 9.01. The number of imidazole rings is 1. The maximum Gasteiger partial charge on any atom is 0.252 e. The number of aromatic nitrogens is 2. The van der Waals surface area contributed by atoms with Crippen LogP contribution in [0.2, 0.25) is 10.0 Å². The average molecular weight is 542 g/mol. The number of benzene rings is 3. The predicted octanol–water partition coefficient (Wildman–Crippen LogP) is 6.38. The first kappa shape index (κ1) is 22.3. The van der Waals surface area contributed by atoms with Crippen LogP contribution in [0.3, 0.4) is 0 Å². The van der Waals surface area contributed by atoms with Crippen LogP contribution in [-0.2, 0) is 0 Å². The highest BCUT2D eigenvalue weighted by Crippen LogP contribution is 2.37. The minimum absolute atomic E-state index is 0.0278. The molecule has 0 saturated heterocycles. The second-order valence-corrected chi connectivity index (χ2v) is 8.30. The van der Waals surface area contributed by atoms with E-state index < -0.39 is 18.6 Å². The van der Waals surface area contributed by atoms with Gasteiger partial charge in [-0.05, 0) is 42.5 Å². The van der Waals surface area contributed by atoms with Crippen molar-refractivity contribution in [2.75, 3.05) is 12.2 Å². The number of carbonyl (C=O) groups excluding carboxylic acids is 1. The van der Waals surface area contributed by atoms with Gasteiger partial charge >= 0.3 is 0 Å². The molecular weight excluding hydrogens is 529 g/mol. The van der Waals surface area contributed by atoms with Crippen molar-refractivity contribution in [3.63, 3.8) is 0 Å². The zero-order valence-electron chi connectivity index (χ0n) is 16.0. The summed E-state index contributed by atoms with van der Waals surface area (Å²) in [6.07, 6.45) is 0. The van der Waals surface area contributed by atoms with Gasteiger partial charge in [0.15, 0.2) is 0 Å². The summed E-state index contributed by atoms with van der Waals surface area (Å²) in [6, 6.07) is 12.3. The van der Waals surface area contributed by atoms with E-state index in [1.165, 1.54) is 12.1 Å². The Bertz CT molecular complexity index is 1320. The Morgan fingerprint density at radius 1 is 1.16 bits per heavy atom. The van der Waals surface area contributed by atoms with Gasteiger partial charge in [0, 0.05) is 16.2 Å². The molecule has 3 N–H and O–H groups in total. The number of hydrogen-bond donors (Lipinski definition) is 2. The van der Waals surface area contributed by atoms with Crippen molar-refractivity contribution >= 4 is 67.7 Å². The molecule has 4 rings (SSSR count). The number of primary amides is 1. The van der Waals surface area contributed by atoms with Crippen LogP contribution in [0.5, 0.6) is 5.75 Å². The van der Waals surface area contributed by atoms with Crippen LogP contribution in [-0.4, -0.2) is 22.3 Å². The van der Waals surface area contributed by atoms with E-state index in [9.17, 15) is 13.6 Å². The predicted molar refractivity (Wildman–Crippen MR) is 124 cm³/mol. The van der Waals surface area contributed by atoms with E-state index >= 15 is 0 Å². The molecule has 0 spiro atoms. The highest BCUT2D eigenvalue weighted by Gasteiger charge is 2.20. The molecule has 0 atom stereocenters. The van der Waals surface area contributed by atoms with Crippen LogP contribution in [0.4, 0.5) is 20.4 Å². The Morgan fingerprint density at radius 2 is 1.81 bits per heavy atom. The van der Waals surface area contributed by atoms with E-state index in [1.807, 2.05) is 24.3 Å². The molecule has 0 radical (unpaired) electrons. The van der Waals surface area contributed by atoms with Crippen LogP contribution >= 0.6 is 39.1 Å². The van der Waals surface area contributed by atoms with Gasteiger partial charge in [-0.25, -0.2) is 13.8 Å². The molecule has 0 bridgehead atoms. The van der Waals surface area contributed by atoms with Crippen LogP contribution in [0.25, 0.3) is 16.7 Å². The molecular formula is C21H13BrCl2F2N4O2. The van der Waals surface area contributed by atoms with E-state index in [2.05, 4.69) is 26.2 Å². The minimum atomic E-state index is -1.15. The van der Waals surface area contributed by atoms with Gasteiger partial charge in [-0.2, -0.15) is 0 Å². The Kier molecular flexibility index (Phi) is 6.23. The Labute approximate surface area is 199 Å². The molecule has 1 aromatic heterocycles. The first-order chi connectivity index (χ1) is 15.3. The second kappa shape index (κ2) is 8.93. The standard InChI is InChI=1S/C21H13BrCl2F2N4O2/c22-10-1-3-12(4-2-10)30-17-8-18(32-9-25)13(20(27)31)7-16(17)28-21(30)29-19-14(23)5-11(26)6-15(19)24/h1-8H,9H2,(H2,27,31)(H,28,29). The number of amides is 1. The summed E-state index contributed by atoms with van der Waals surface area (Å²) in [7, 11) is 0. The van der Waals surface area contributed by atoms with Crippen molar-refractivity contribution in [3.8, 4) is 11.4 Å². The largest absolute Gasteiger partial charge is 0.462 e. The fourth-order valence-electron chi connectivity index (χ4n) is 3.18. The van der Waals surface area contributed by atoms with E-state index in [1.54, 1.807) is 4.57 Å². The summed E-state index contributed by atoms with van der Waals surface area (Å²) in [6.45, 7) is -1.15. The van der Waals surface area contributed by atoms with Crippen LogP contribution in [0.1, 0.15) is 10.4 Å². The number of anilines is 2. The molecule has 0 fully saturated rings. The zero-order valence-corrected chi connectivity index (χ0v) is 19.1. The normalized spacial score (nSPS) is 11.0. The van der Waals surface area contributed by atoms with Gasteiger partial charge in [0.2, 0.25) is 12.8 Å². The second-order valence-electron chi connectivity index (χ2n) is 6.57. The summed E-state index contributed by atoms with van der Waals surface area (Å²) < 4.78 is 34.1. The van der Waals surface area contributed by atoms with E-state index in [4.69, 9.17) is 33.7 Å². The molecule has 6 nitrogen and oxygen atoms in total. The fourth-order valence-corrected chi connectivity index (χ4v) is 4.00. The lowest BCUT2D eigenvalue weighted by atomic mass is 10.1. The summed E-state index contributed by atoms with van der Waals surface area (Å²) >= 11 is 15.8. The van der Waals surface area contributed by atoms with Crippen molar-refractivity contribution in [1.82, 2.24) is 9.55 Å². The molecule has 3 aromatic carbocycles. The molecule has 0 aliphatic rings. The third-order valence-corrected chi connectivity index (χ3v) is 5.68. The van der Waals surface area contributed by atoms with Crippen LogP contribution in [0, 0.1) is 5.82 Å². The number of carbonyl (C=O) groups is 1. The number of rotatable bonds is 6. The van der Waals surface area contributed by atoms with E-state index in [0.29, 0.717) is 16.7 Å². The highest BCUT2D eigenvalue weighted by molar-refractivity contribution is 9.10. The van der Waals surface area contributed by atoms with Crippen molar-refractivity contribution < 1.29 is 18.3 Å². The zero-order chi connectivity index (χ0) is 23.0. The summed E-state index contributed by atoms with van der Waals surface area (Å²) in [5.41, 5.74) is 7.15. The van der Waals surface area contributed by atoms with Gasteiger partial charge in [0.1, 0.15) is 11.6 Å². The lowest BCUT2D eigenvalue weighted by Gasteiger charge is -2.14. The number of alkyl halides is 1. The third kappa shape index (κ3) is 4.23. The Hall–Kier alpha value is -2.88. The summed E-state index contributed by atoms with van der Waals surface area (Å²) in [5, 5.41) is 3.11. The summed E-state index contributed by atoms with van der Waals surface area (Å²) in [5.74, 6) is -1.17. The quantitative estimate of drug-likeness (QED) is 0.296. The van der Waals surface area contributed by atoms with Gasteiger partial charge in [0.25, 0.3) is 5.91 Å². The SMILES string of the molecule is NC(=O)c1cc2nc(Nc3c(Cl)cc(F)cc3Cl)n(-c3ccc(Br)cc3)c2cc1OCF. The third-order valence-electron chi connectivity index (χ3n) is 4.56. The Balaban J connectivity index is 1.98. The number of nitrogens with one attached hydrogen (secondary N) is 1. The number of hydrogen-bond acceptors (Lipinski definition) is 4. The van der Waals surface area contributed by atoms with Crippen LogP contribution < -0.4 is 15.8 Å². The van der Waals surface area contributed by atoms with Gasteiger partial charge in [0.05, 0.1) is 32.3 Å². The van der Waals surface area contributed by atoms with Gasteiger partial charge in [-0.1, -0.05) is 39.1 Å². The highest BCUT2D eigenvalue weighted by atomic mass is 79.9. The number of nitrogens with zero attached hydrogens (tertiary/aromatic N) is 2. The van der Waals surface area contributed by atoms with Crippen molar-refractivity contribution in [2.45, 2.75) is 0 Å². The molecule has 32 heavy (non-hydrogen) atoms. The lowest BCUT2D eigenvalue weighted by molar-refractivity contribution is 0.0993. The molecule has 0 saturated carbocycles. The van der Waals surface area contributed by atoms with Crippen LogP contribution in [0.15, 0.2) is 53.0 Å². The monoisotopic (exact) mass is 540 g/mol. The van der Waals surface area contributed by atoms with Crippen molar-refractivity contribution in [3.05, 3.63) is 74.4 Å². The van der Waals surface area contributed by atoms with E-state index in [-0.39, 0.29) is 33.0 Å². The van der Waals surface area contributed by atoms with Gasteiger partial charge < -0.3 is 15.8 Å². The summed E-state index contributed by atoms with van der Waals surface area (Å²) in [4.78, 5) is 16.4. The smallest absolute Gasteiger partial charge is 0.252 e. The number of halogens is 5. The minimum Gasteiger partial charge on any atom is -0.462 e. The molecule has 0 unspecified atom stereocenters.